The lowest BCUT2D eigenvalue weighted by atomic mass is 9.75. The van der Waals surface area contributed by atoms with Gasteiger partial charge in [-0.05, 0) is 25.8 Å². The number of nitrogens with zero attached hydrogens (tertiary/aromatic N) is 5. The summed E-state index contributed by atoms with van der Waals surface area (Å²) in [6.07, 6.45) is 4.89. The minimum atomic E-state index is -0.615. The first kappa shape index (κ1) is 18.4. The Balaban J connectivity index is 1.89. The van der Waals surface area contributed by atoms with E-state index in [1.54, 1.807) is 37.5 Å². The molecule has 2 atom stereocenters. The molecule has 3 rings (SSSR count). The summed E-state index contributed by atoms with van der Waals surface area (Å²) in [5.74, 6) is 0.453. The first-order chi connectivity index (χ1) is 12.5. The maximum absolute atomic E-state index is 12.9. The van der Waals surface area contributed by atoms with Crippen molar-refractivity contribution in [2.24, 2.45) is 11.3 Å². The monoisotopic (exact) mass is 361 g/mol. The normalized spacial score (nSPS) is 25.4. The second-order valence-electron chi connectivity index (χ2n) is 7.23. The fourth-order valence-electron chi connectivity index (χ4n) is 4.10. The van der Waals surface area contributed by atoms with Gasteiger partial charge >= 0.3 is 12.0 Å². The topological polar surface area (TPSA) is 78.9 Å². The van der Waals surface area contributed by atoms with Crippen LogP contribution in [0.5, 0.6) is 0 Å². The number of ether oxygens (including phenoxy) is 1. The summed E-state index contributed by atoms with van der Waals surface area (Å²) in [5.41, 5.74) is -0.615. The minimum absolute atomic E-state index is 0.00300. The predicted octanol–water partition coefficient (Wildman–Crippen LogP) is 1.24. The Kier molecular flexibility index (Phi) is 5.29. The van der Waals surface area contributed by atoms with Crippen LogP contribution in [0, 0.1) is 11.3 Å². The summed E-state index contributed by atoms with van der Waals surface area (Å²) in [6.45, 7) is 4.56. The number of rotatable bonds is 3. The summed E-state index contributed by atoms with van der Waals surface area (Å²) < 4.78 is 5.45. The molecular formula is C18H27N5O3. The SMILES string of the molecule is CCOC(=O)[C@]12CCCN(C(=O)N(C)C)C[C@H]1CN(c1ncccn1)C2. The van der Waals surface area contributed by atoms with Gasteiger partial charge in [0, 0.05) is 58.6 Å². The molecule has 2 fully saturated rings. The van der Waals surface area contributed by atoms with Gasteiger partial charge in [0.05, 0.1) is 12.0 Å². The zero-order chi connectivity index (χ0) is 18.7. The number of fused-ring (bicyclic) bond motifs is 1. The van der Waals surface area contributed by atoms with Crippen molar-refractivity contribution in [1.29, 1.82) is 0 Å². The molecule has 2 aliphatic heterocycles. The summed E-state index contributed by atoms with van der Waals surface area (Å²) in [7, 11) is 3.51. The molecule has 3 heterocycles. The summed E-state index contributed by atoms with van der Waals surface area (Å²) in [5, 5.41) is 0. The van der Waals surface area contributed by atoms with E-state index in [4.69, 9.17) is 4.74 Å². The third-order valence-corrected chi connectivity index (χ3v) is 5.36. The molecule has 0 bridgehead atoms. The average molecular weight is 361 g/mol. The van der Waals surface area contributed by atoms with Gasteiger partial charge in [0.1, 0.15) is 0 Å². The number of hydrogen-bond acceptors (Lipinski definition) is 6. The predicted molar refractivity (Wildman–Crippen MR) is 96.7 cm³/mol. The van der Waals surface area contributed by atoms with Gasteiger partial charge in [-0.15, -0.1) is 0 Å². The van der Waals surface area contributed by atoms with Crippen molar-refractivity contribution in [2.45, 2.75) is 19.8 Å². The molecular weight excluding hydrogens is 334 g/mol. The van der Waals surface area contributed by atoms with Gasteiger partial charge in [-0.25, -0.2) is 14.8 Å². The zero-order valence-corrected chi connectivity index (χ0v) is 15.7. The molecule has 2 amide bonds. The molecule has 26 heavy (non-hydrogen) atoms. The maximum Gasteiger partial charge on any atom is 0.319 e. The van der Waals surface area contributed by atoms with Crippen LogP contribution < -0.4 is 4.90 Å². The van der Waals surface area contributed by atoms with E-state index in [9.17, 15) is 9.59 Å². The number of aromatic nitrogens is 2. The van der Waals surface area contributed by atoms with Crippen LogP contribution in [-0.2, 0) is 9.53 Å². The highest BCUT2D eigenvalue weighted by molar-refractivity contribution is 5.80. The lowest BCUT2D eigenvalue weighted by Crippen LogP contribution is -2.45. The first-order valence-electron chi connectivity index (χ1n) is 9.13. The van der Waals surface area contributed by atoms with Crippen molar-refractivity contribution in [3.05, 3.63) is 18.5 Å². The molecule has 142 valence electrons. The largest absolute Gasteiger partial charge is 0.466 e. The average Bonchev–Trinajstić information content (AvgIpc) is 2.91. The molecule has 2 saturated heterocycles. The van der Waals surface area contributed by atoms with Crippen molar-refractivity contribution in [3.63, 3.8) is 0 Å². The third-order valence-electron chi connectivity index (χ3n) is 5.36. The molecule has 0 saturated carbocycles. The molecule has 2 aliphatic rings. The smallest absolute Gasteiger partial charge is 0.319 e. The van der Waals surface area contributed by atoms with Gasteiger partial charge in [0.15, 0.2) is 0 Å². The molecule has 8 nitrogen and oxygen atoms in total. The number of urea groups is 1. The maximum atomic E-state index is 12.9. The number of likely N-dealkylation sites (tertiary alicyclic amines) is 1. The van der Waals surface area contributed by atoms with Crippen LogP contribution in [0.2, 0.25) is 0 Å². The second-order valence-corrected chi connectivity index (χ2v) is 7.23. The van der Waals surface area contributed by atoms with E-state index < -0.39 is 5.41 Å². The Labute approximate surface area is 154 Å². The van der Waals surface area contributed by atoms with E-state index in [0.29, 0.717) is 45.2 Å². The van der Waals surface area contributed by atoms with Crippen molar-refractivity contribution >= 4 is 17.9 Å². The van der Waals surface area contributed by atoms with E-state index in [2.05, 4.69) is 9.97 Å². The number of carbonyl (C=O) groups is 2. The van der Waals surface area contributed by atoms with Gasteiger partial charge in [-0.1, -0.05) is 0 Å². The minimum Gasteiger partial charge on any atom is -0.466 e. The van der Waals surface area contributed by atoms with Crippen LogP contribution in [0.15, 0.2) is 18.5 Å². The van der Waals surface area contributed by atoms with E-state index in [1.807, 2.05) is 16.7 Å². The van der Waals surface area contributed by atoms with Crippen molar-refractivity contribution in [1.82, 2.24) is 19.8 Å². The highest BCUT2D eigenvalue weighted by Crippen LogP contribution is 2.44. The second kappa shape index (κ2) is 7.47. The summed E-state index contributed by atoms with van der Waals surface area (Å²) in [4.78, 5) is 39.6. The van der Waals surface area contributed by atoms with Gasteiger partial charge in [0.25, 0.3) is 0 Å². The van der Waals surface area contributed by atoms with E-state index in [1.165, 1.54) is 0 Å². The van der Waals surface area contributed by atoms with Crippen LogP contribution in [0.4, 0.5) is 10.7 Å². The molecule has 0 aliphatic carbocycles. The van der Waals surface area contributed by atoms with Gasteiger partial charge in [-0.2, -0.15) is 0 Å². The number of amides is 2. The molecule has 0 radical (unpaired) electrons. The molecule has 1 aromatic rings. The van der Waals surface area contributed by atoms with Gasteiger partial charge < -0.3 is 19.4 Å². The highest BCUT2D eigenvalue weighted by atomic mass is 16.5. The Morgan fingerprint density at radius 1 is 1.31 bits per heavy atom. The highest BCUT2D eigenvalue weighted by Gasteiger charge is 2.55. The fraction of sp³-hybridized carbons (Fsp3) is 0.667. The lowest BCUT2D eigenvalue weighted by molar-refractivity contribution is -0.157. The molecule has 0 unspecified atom stereocenters. The van der Waals surface area contributed by atoms with Crippen LogP contribution in [0.3, 0.4) is 0 Å². The van der Waals surface area contributed by atoms with E-state index >= 15 is 0 Å². The third kappa shape index (κ3) is 3.32. The van der Waals surface area contributed by atoms with Crippen LogP contribution in [0.25, 0.3) is 0 Å². The first-order valence-corrected chi connectivity index (χ1v) is 9.13. The number of anilines is 1. The Morgan fingerprint density at radius 3 is 2.69 bits per heavy atom. The Hall–Kier alpha value is -2.38. The van der Waals surface area contributed by atoms with Crippen molar-refractivity contribution in [2.75, 3.05) is 51.8 Å². The van der Waals surface area contributed by atoms with Gasteiger partial charge in [-0.3, -0.25) is 4.79 Å². The molecule has 0 N–H and O–H groups in total. The molecule has 0 aromatic carbocycles. The zero-order valence-electron chi connectivity index (χ0n) is 15.7. The number of hydrogen-bond donors (Lipinski definition) is 0. The van der Waals surface area contributed by atoms with E-state index in [-0.39, 0.29) is 17.9 Å². The molecule has 1 aromatic heterocycles. The van der Waals surface area contributed by atoms with Crippen molar-refractivity contribution in [3.8, 4) is 0 Å². The lowest BCUT2D eigenvalue weighted by Gasteiger charge is -2.31. The number of carbonyl (C=O) groups excluding carboxylic acids is 2. The summed E-state index contributed by atoms with van der Waals surface area (Å²) in [6, 6.07) is 1.76. The Morgan fingerprint density at radius 2 is 2.04 bits per heavy atom. The molecule has 0 spiro atoms. The quantitative estimate of drug-likeness (QED) is 0.754. The van der Waals surface area contributed by atoms with Crippen LogP contribution in [-0.4, -0.2) is 78.6 Å². The number of esters is 1. The molecule has 8 heteroatoms. The summed E-state index contributed by atoms with van der Waals surface area (Å²) >= 11 is 0. The van der Waals surface area contributed by atoms with Crippen LogP contribution in [0.1, 0.15) is 19.8 Å². The standard InChI is InChI=1S/C18H27N5O3/c1-4-26-15(24)18-7-5-10-22(17(25)21(2)3)11-14(18)12-23(13-18)16-19-8-6-9-20-16/h6,8-9,14H,4-5,7,10-13H2,1-3H3/t14-,18-/m0/s1. The van der Waals surface area contributed by atoms with Gasteiger partial charge in [0.2, 0.25) is 5.95 Å². The van der Waals surface area contributed by atoms with Crippen molar-refractivity contribution < 1.29 is 14.3 Å². The Bertz CT molecular complexity index is 653. The van der Waals surface area contributed by atoms with E-state index in [0.717, 1.165) is 6.42 Å². The fourth-order valence-corrected chi connectivity index (χ4v) is 4.10. The van der Waals surface area contributed by atoms with Crippen LogP contribution >= 0.6 is 0 Å².